The first-order valence-electron chi connectivity index (χ1n) is 12.0. The number of amides is 2. The largest absolute Gasteiger partial charge is 0.481 e. The Labute approximate surface area is 188 Å². The lowest BCUT2D eigenvalue weighted by molar-refractivity contribution is -0.147. The maximum absolute atomic E-state index is 13.5. The standard InChI is InChI=1S/C24H34N2O4S/c1-2-15-10-11-18-19(14-15)31-22(20(18)23(28)26-12-6-3-7-13-26)25-21(27)16-8-4-5-9-17(16)24(29)30/h15-17H,2-14H2,1H3,(H,25,27)(H,29,30)/t15-,16-,17-/m1/s1. The lowest BCUT2D eigenvalue weighted by Crippen LogP contribution is -2.38. The Morgan fingerprint density at radius 2 is 1.74 bits per heavy atom. The molecule has 1 saturated heterocycles. The number of nitrogens with one attached hydrogen (secondary N) is 1. The van der Waals surface area contributed by atoms with Crippen LogP contribution in [0.3, 0.4) is 0 Å². The summed E-state index contributed by atoms with van der Waals surface area (Å²) in [4.78, 5) is 41.6. The van der Waals surface area contributed by atoms with Gasteiger partial charge in [0.1, 0.15) is 5.00 Å². The first-order chi connectivity index (χ1) is 15.0. The van der Waals surface area contributed by atoms with Gasteiger partial charge in [-0.25, -0.2) is 0 Å². The van der Waals surface area contributed by atoms with Gasteiger partial charge in [0.2, 0.25) is 5.91 Å². The molecule has 0 spiro atoms. The molecule has 0 radical (unpaired) electrons. The average Bonchev–Trinajstić information content (AvgIpc) is 3.15. The highest BCUT2D eigenvalue weighted by molar-refractivity contribution is 7.17. The van der Waals surface area contributed by atoms with Crippen molar-refractivity contribution in [2.45, 2.75) is 77.6 Å². The van der Waals surface area contributed by atoms with Gasteiger partial charge in [-0.2, -0.15) is 0 Å². The summed E-state index contributed by atoms with van der Waals surface area (Å²) in [6.07, 6.45) is 10.1. The average molecular weight is 447 g/mol. The van der Waals surface area contributed by atoms with Crippen molar-refractivity contribution in [1.29, 1.82) is 0 Å². The molecule has 0 bridgehead atoms. The van der Waals surface area contributed by atoms with Crippen molar-refractivity contribution in [2.75, 3.05) is 18.4 Å². The second-order valence-corrected chi connectivity index (χ2v) is 10.5. The molecule has 31 heavy (non-hydrogen) atoms. The predicted octanol–water partition coefficient (Wildman–Crippen LogP) is 4.72. The molecule has 0 unspecified atom stereocenters. The Morgan fingerprint density at radius 3 is 2.42 bits per heavy atom. The molecule has 2 aliphatic carbocycles. The van der Waals surface area contributed by atoms with E-state index < -0.39 is 17.8 Å². The molecule has 2 fully saturated rings. The number of hydrogen-bond acceptors (Lipinski definition) is 4. The van der Waals surface area contributed by atoms with Gasteiger partial charge >= 0.3 is 5.97 Å². The van der Waals surface area contributed by atoms with Crippen molar-refractivity contribution in [3.8, 4) is 0 Å². The van der Waals surface area contributed by atoms with Crippen molar-refractivity contribution >= 4 is 34.1 Å². The minimum absolute atomic E-state index is 0.0425. The van der Waals surface area contributed by atoms with E-state index in [9.17, 15) is 19.5 Å². The zero-order chi connectivity index (χ0) is 22.0. The highest BCUT2D eigenvalue weighted by Crippen LogP contribution is 2.42. The molecule has 3 atom stereocenters. The second-order valence-electron chi connectivity index (χ2n) is 9.40. The SMILES string of the molecule is CC[C@@H]1CCc2c(sc(NC(=O)[C@@H]3CCCC[C@H]3C(=O)O)c2C(=O)N2CCCCC2)C1. The number of fused-ring (bicyclic) bond motifs is 1. The third-order valence-corrected chi connectivity index (χ3v) is 8.63. The number of carbonyl (C=O) groups is 3. The van der Waals surface area contributed by atoms with Gasteiger partial charge in [0.15, 0.2) is 0 Å². The number of aliphatic carboxylic acids is 1. The minimum atomic E-state index is -0.888. The van der Waals surface area contributed by atoms with Gasteiger partial charge in [0, 0.05) is 18.0 Å². The monoisotopic (exact) mass is 446 g/mol. The zero-order valence-corrected chi connectivity index (χ0v) is 19.3. The number of hydrogen-bond donors (Lipinski definition) is 2. The number of nitrogens with zero attached hydrogens (tertiary/aromatic N) is 1. The summed E-state index contributed by atoms with van der Waals surface area (Å²) in [5, 5.41) is 13.3. The molecule has 4 rings (SSSR count). The molecule has 3 aliphatic rings. The number of likely N-dealkylation sites (tertiary alicyclic amines) is 1. The lowest BCUT2D eigenvalue weighted by Gasteiger charge is -2.29. The van der Waals surface area contributed by atoms with E-state index in [1.165, 1.54) is 4.88 Å². The maximum atomic E-state index is 13.5. The van der Waals surface area contributed by atoms with Crippen molar-refractivity contribution in [1.82, 2.24) is 4.90 Å². The smallest absolute Gasteiger partial charge is 0.307 e. The highest BCUT2D eigenvalue weighted by Gasteiger charge is 2.37. The molecule has 1 saturated carbocycles. The number of carboxylic acids is 1. The van der Waals surface area contributed by atoms with Crippen molar-refractivity contribution in [3.63, 3.8) is 0 Å². The molecular formula is C24H34N2O4S. The first-order valence-corrected chi connectivity index (χ1v) is 12.8. The highest BCUT2D eigenvalue weighted by atomic mass is 32.1. The number of carbonyl (C=O) groups excluding carboxylic acids is 2. The summed E-state index contributed by atoms with van der Waals surface area (Å²) in [7, 11) is 0. The summed E-state index contributed by atoms with van der Waals surface area (Å²) in [6, 6.07) is 0. The van der Waals surface area contributed by atoms with Crippen molar-refractivity contribution in [3.05, 3.63) is 16.0 Å². The Bertz CT molecular complexity index is 843. The van der Waals surface area contributed by atoms with Gasteiger partial charge in [-0.05, 0) is 62.8 Å². The van der Waals surface area contributed by atoms with Crippen LogP contribution in [0.25, 0.3) is 0 Å². The van der Waals surface area contributed by atoms with E-state index in [0.29, 0.717) is 29.3 Å². The van der Waals surface area contributed by atoms with Crippen LogP contribution in [0.4, 0.5) is 5.00 Å². The van der Waals surface area contributed by atoms with Gasteiger partial charge in [-0.1, -0.05) is 26.2 Å². The van der Waals surface area contributed by atoms with E-state index in [4.69, 9.17) is 0 Å². The second kappa shape index (κ2) is 9.72. The van der Waals surface area contributed by atoms with Crippen LogP contribution >= 0.6 is 11.3 Å². The Kier molecular flexibility index (Phi) is 6.99. The van der Waals surface area contributed by atoms with Crippen LogP contribution in [-0.4, -0.2) is 40.9 Å². The van der Waals surface area contributed by atoms with Crippen LogP contribution in [0, 0.1) is 17.8 Å². The summed E-state index contributed by atoms with van der Waals surface area (Å²) in [5.41, 5.74) is 1.81. The van der Waals surface area contributed by atoms with Gasteiger partial charge in [0.05, 0.1) is 17.4 Å². The van der Waals surface area contributed by atoms with Crippen molar-refractivity contribution < 1.29 is 19.5 Å². The van der Waals surface area contributed by atoms with Gasteiger partial charge in [-0.3, -0.25) is 14.4 Å². The third-order valence-electron chi connectivity index (χ3n) is 7.46. The van der Waals surface area contributed by atoms with Crippen LogP contribution < -0.4 is 5.32 Å². The summed E-state index contributed by atoms with van der Waals surface area (Å²) in [6.45, 7) is 3.76. The normalized spacial score (nSPS) is 26.2. The van der Waals surface area contributed by atoms with Gasteiger partial charge in [0.25, 0.3) is 5.91 Å². The molecule has 1 aromatic rings. The Hall–Kier alpha value is -1.89. The Morgan fingerprint density at radius 1 is 1.03 bits per heavy atom. The van der Waals surface area contributed by atoms with E-state index >= 15 is 0 Å². The lowest BCUT2D eigenvalue weighted by atomic mass is 9.78. The molecule has 2 amide bonds. The number of piperidine rings is 1. The molecule has 1 aromatic heterocycles. The van der Waals surface area contributed by atoms with Gasteiger partial charge in [-0.15, -0.1) is 11.3 Å². The fraction of sp³-hybridized carbons (Fsp3) is 0.708. The van der Waals surface area contributed by atoms with Crippen LogP contribution in [0.5, 0.6) is 0 Å². The minimum Gasteiger partial charge on any atom is -0.481 e. The number of rotatable bonds is 5. The van der Waals surface area contributed by atoms with E-state index in [1.807, 2.05) is 4.90 Å². The molecule has 6 nitrogen and oxygen atoms in total. The molecule has 170 valence electrons. The van der Waals surface area contributed by atoms with Crippen LogP contribution in [0.1, 0.15) is 85.5 Å². The fourth-order valence-corrected chi connectivity index (χ4v) is 6.87. The molecular weight excluding hydrogens is 412 g/mol. The van der Waals surface area contributed by atoms with Crippen LogP contribution in [0.2, 0.25) is 0 Å². The molecule has 2 N–H and O–H groups in total. The number of thiophene rings is 1. The number of carboxylic acid groups (broad SMARTS) is 1. The molecule has 2 heterocycles. The maximum Gasteiger partial charge on any atom is 0.307 e. The van der Waals surface area contributed by atoms with Gasteiger partial charge < -0.3 is 15.3 Å². The zero-order valence-electron chi connectivity index (χ0n) is 18.5. The predicted molar refractivity (Wildman–Crippen MR) is 122 cm³/mol. The van der Waals surface area contributed by atoms with Crippen molar-refractivity contribution in [2.24, 2.45) is 17.8 Å². The van der Waals surface area contributed by atoms with E-state index in [2.05, 4.69) is 12.2 Å². The topological polar surface area (TPSA) is 86.7 Å². The van der Waals surface area contributed by atoms with E-state index in [0.717, 1.165) is 76.4 Å². The van der Waals surface area contributed by atoms with E-state index in [1.54, 1.807) is 11.3 Å². The van der Waals surface area contributed by atoms with Crippen LogP contribution in [0.15, 0.2) is 0 Å². The fourth-order valence-electron chi connectivity index (χ4n) is 5.52. The first kappa shape index (κ1) is 22.3. The molecule has 0 aromatic carbocycles. The number of anilines is 1. The third kappa shape index (κ3) is 4.66. The summed E-state index contributed by atoms with van der Waals surface area (Å²) >= 11 is 1.55. The summed E-state index contributed by atoms with van der Waals surface area (Å²) < 4.78 is 0. The molecule has 7 heteroatoms. The quantitative estimate of drug-likeness (QED) is 0.685. The van der Waals surface area contributed by atoms with E-state index in [-0.39, 0.29) is 11.8 Å². The molecule has 1 aliphatic heterocycles. The summed E-state index contributed by atoms with van der Waals surface area (Å²) in [5.74, 6) is -1.60. The Balaban J connectivity index is 1.63. The van der Waals surface area contributed by atoms with Crippen LogP contribution in [-0.2, 0) is 22.4 Å².